The molecule has 35 heavy (non-hydrogen) atoms. The van der Waals surface area contributed by atoms with Gasteiger partial charge < -0.3 is 25.6 Å². The Bertz CT molecular complexity index is 1230. The van der Waals surface area contributed by atoms with Crippen molar-refractivity contribution < 1.29 is 18.8 Å². The molecule has 0 saturated heterocycles. The number of primary amides is 1. The van der Waals surface area contributed by atoms with E-state index in [9.17, 15) is 9.59 Å². The van der Waals surface area contributed by atoms with Crippen molar-refractivity contribution in [3.8, 4) is 17.1 Å². The summed E-state index contributed by atoms with van der Waals surface area (Å²) >= 11 is 1.65. The molecule has 2 heterocycles. The highest BCUT2D eigenvalue weighted by Gasteiger charge is 2.30. The Morgan fingerprint density at radius 1 is 1.29 bits per heavy atom. The van der Waals surface area contributed by atoms with E-state index in [2.05, 4.69) is 37.9 Å². The van der Waals surface area contributed by atoms with E-state index in [1.165, 1.54) is 13.2 Å². The molecule has 13 heteroatoms. The Morgan fingerprint density at radius 2 is 2.09 bits per heavy atom. The number of ether oxygens (including phenoxy) is 1. The third kappa shape index (κ3) is 5.87. The fourth-order valence-electron chi connectivity index (χ4n) is 3.37. The number of rotatable bonds is 11. The molecule has 4 N–H and O–H groups in total. The third-order valence-corrected chi connectivity index (χ3v) is 5.96. The van der Waals surface area contributed by atoms with Crippen LogP contribution in [0, 0.1) is 5.92 Å². The number of carbonyl (C=O) groups excluding carboxylic acids is 2. The molecule has 184 valence electrons. The van der Waals surface area contributed by atoms with Crippen LogP contribution in [0.5, 0.6) is 5.75 Å². The zero-order valence-electron chi connectivity index (χ0n) is 19.6. The quantitative estimate of drug-likeness (QED) is 0.333. The summed E-state index contributed by atoms with van der Waals surface area (Å²) in [5.41, 5.74) is 6.77. The van der Waals surface area contributed by atoms with Crippen LogP contribution < -0.4 is 21.1 Å². The van der Waals surface area contributed by atoms with Crippen molar-refractivity contribution in [3.63, 3.8) is 0 Å². The number of para-hydroxylation sites is 1. The summed E-state index contributed by atoms with van der Waals surface area (Å²) in [7, 11) is 3.46. The van der Waals surface area contributed by atoms with E-state index in [0.29, 0.717) is 35.3 Å². The molecule has 0 aliphatic heterocycles. The molecule has 0 atom stereocenters. The van der Waals surface area contributed by atoms with Crippen molar-refractivity contribution in [1.82, 2.24) is 24.6 Å². The molecule has 1 aliphatic carbocycles. The molecule has 4 rings (SSSR count). The Labute approximate surface area is 206 Å². The van der Waals surface area contributed by atoms with Gasteiger partial charge in [-0.05, 0) is 32.0 Å². The van der Waals surface area contributed by atoms with Crippen molar-refractivity contribution in [2.75, 3.05) is 30.5 Å². The smallest absolute Gasteiger partial charge is 0.271 e. The second-order valence-corrected chi connectivity index (χ2v) is 9.31. The molecule has 0 spiro atoms. The Hall–Kier alpha value is -3.71. The number of anilines is 3. The van der Waals surface area contributed by atoms with Crippen molar-refractivity contribution in [1.29, 1.82) is 0 Å². The summed E-state index contributed by atoms with van der Waals surface area (Å²) in [6.07, 6.45) is 1.69. The number of nitrogens with one attached hydrogen (secondary N) is 2. The highest BCUT2D eigenvalue weighted by molar-refractivity contribution is 7.96. The maximum absolute atomic E-state index is 12.1. The van der Waals surface area contributed by atoms with Gasteiger partial charge in [0.25, 0.3) is 5.91 Å². The number of amides is 2. The first-order chi connectivity index (χ1) is 16.9. The van der Waals surface area contributed by atoms with Crippen LogP contribution in [0.15, 0.2) is 28.8 Å². The number of nitrogens with zero attached hydrogens (tertiary/aromatic N) is 5. The lowest BCUT2D eigenvalue weighted by molar-refractivity contribution is -0.117. The Balaban J connectivity index is 1.62. The number of hydrogen-bond acceptors (Lipinski definition) is 11. The summed E-state index contributed by atoms with van der Waals surface area (Å²) in [4.78, 5) is 28.6. The Morgan fingerprint density at radius 3 is 2.77 bits per heavy atom. The van der Waals surface area contributed by atoms with Gasteiger partial charge in [-0.25, -0.2) is 4.31 Å². The number of aromatic nitrogens is 4. The van der Waals surface area contributed by atoms with Gasteiger partial charge in [-0.3, -0.25) is 9.59 Å². The zero-order valence-corrected chi connectivity index (χ0v) is 20.4. The van der Waals surface area contributed by atoms with Gasteiger partial charge in [0.1, 0.15) is 0 Å². The largest absolute Gasteiger partial charge is 0.494 e. The van der Waals surface area contributed by atoms with E-state index in [1.807, 2.05) is 11.4 Å². The minimum Gasteiger partial charge on any atom is -0.494 e. The molecular weight excluding hydrogens is 472 g/mol. The lowest BCUT2D eigenvalue weighted by atomic mass is 10.1. The molecule has 2 aromatic heterocycles. The van der Waals surface area contributed by atoms with E-state index in [-0.39, 0.29) is 29.0 Å². The minimum absolute atomic E-state index is 0.0130. The van der Waals surface area contributed by atoms with E-state index in [0.717, 1.165) is 18.6 Å². The first kappa shape index (κ1) is 24.4. The van der Waals surface area contributed by atoms with E-state index >= 15 is 0 Å². The number of nitrogens with two attached hydrogens (primary N) is 1. The SMILES string of the molecule is CCSN(C)Cc1nc(-c2cccc(Nc3cc(NC(=O)C4CC4)nnc3C(N)=O)c2OC)no1. The maximum atomic E-state index is 12.1. The van der Waals surface area contributed by atoms with Crippen molar-refractivity contribution >= 4 is 41.0 Å². The van der Waals surface area contributed by atoms with Crippen LogP contribution in [0.3, 0.4) is 0 Å². The molecule has 3 aromatic rings. The predicted octanol–water partition coefficient (Wildman–Crippen LogP) is 2.83. The molecule has 0 bridgehead atoms. The molecule has 1 aromatic carbocycles. The normalized spacial score (nSPS) is 13.0. The second kappa shape index (κ2) is 10.7. The maximum Gasteiger partial charge on any atom is 0.271 e. The molecular formula is C22H26N8O4S. The topological polar surface area (TPSA) is 161 Å². The lowest BCUT2D eigenvalue weighted by Crippen LogP contribution is -2.19. The first-order valence-corrected chi connectivity index (χ1v) is 11.9. The molecule has 12 nitrogen and oxygen atoms in total. The van der Waals surface area contributed by atoms with E-state index in [1.54, 1.807) is 30.1 Å². The molecule has 0 unspecified atom stereocenters. The Kier molecular flexibility index (Phi) is 7.46. The van der Waals surface area contributed by atoms with Gasteiger partial charge in [-0.15, -0.1) is 10.2 Å². The van der Waals surface area contributed by atoms with Gasteiger partial charge in [0, 0.05) is 17.7 Å². The second-order valence-electron chi connectivity index (χ2n) is 7.85. The fourth-order valence-corrected chi connectivity index (χ4v) is 4.01. The van der Waals surface area contributed by atoms with Crippen LogP contribution >= 0.6 is 11.9 Å². The van der Waals surface area contributed by atoms with Crippen molar-refractivity contribution in [2.24, 2.45) is 11.7 Å². The average molecular weight is 499 g/mol. The van der Waals surface area contributed by atoms with Crippen LogP contribution in [0.2, 0.25) is 0 Å². The monoisotopic (exact) mass is 498 g/mol. The van der Waals surface area contributed by atoms with Gasteiger partial charge in [0.05, 0.1) is 30.6 Å². The average Bonchev–Trinajstić information content (AvgIpc) is 3.58. The van der Waals surface area contributed by atoms with E-state index < -0.39 is 5.91 Å². The molecule has 1 saturated carbocycles. The van der Waals surface area contributed by atoms with Crippen LogP contribution in [0.1, 0.15) is 36.1 Å². The first-order valence-electron chi connectivity index (χ1n) is 11.0. The number of methoxy groups -OCH3 is 1. The minimum atomic E-state index is -0.771. The predicted molar refractivity (Wildman–Crippen MR) is 131 cm³/mol. The van der Waals surface area contributed by atoms with Gasteiger partial charge >= 0.3 is 0 Å². The van der Waals surface area contributed by atoms with Gasteiger partial charge in [0.15, 0.2) is 17.3 Å². The molecule has 1 aliphatic rings. The van der Waals surface area contributed by atoms with Gasteiger partial charge in [-0.2, -0.15) is 4.98 Å². The standard InChI is InChI=1S/C22H26N8O4S/c1-4-35-30(2)11-17-26-21(29-34-17)13-6-5-7-14(19(13)33-3)24-15-10-16(25-22(32)12-8-9-12)27-28-18(15)20(23)31/h5-7,10,12H,4,8-9,11H2,1-3H3,(H2,23,31)(H2,24,25,27,32). The fraction of sp³-hybridized carbons (Fsp3) is 0.364. The van der Waals surface area contributed by atoms with E-state index in [4.69, 9.17) is 15.0 Å². The van der Waals surface area contributed by atoms with Crippen molar-refractivity contribution in [2.45, 2.75) is 26.3 Å². The van der Waals surface area contributed by atoms with Gasteiger partial charge in [-0.1, -0.05) is 30.1 Å². The number of carbonyl (C=O) groups is 2. The molecule has 0 radical (unpaired) electrons. The third-order valence-electron chi connectivity index (χ3n) is 5.13. The molecule has 1 fully saturated rings. The van der Waals surface area contributed by atoms with Crippen LogP contribution in [0.4, 0.5) is 17.2 Å². The summed E-state index contributed by atoms with van der Waals surface area (Å²) in [6.45, 7) is 2.56. The van der Waals surface area contributed by atoms with Crippen LogP contribution in [-0.2, 0) is 11.3 Å². The summed E-state index contributed by atoms with van der Waals surface area (Å²) in [5, 5.41) is 17.7. The highest BCUT2D eigenvalue weighted by atomic mass is 32.2. The van der Waals surface area contributed by atoms with Crippen LogP contribution in [-0.4, -0.2) is 56.4 Å². The molecule has 2 amide bonds. The lowest BCUT2D eigenvalue weighted by Gasteiger charge is -2.15. The van der Waals surface area contributed by atoms with Crippen molar-refractivity contribution in [3.05, 3.63) is 35.9 Å². The highest BCUT2D eigenvalue weighted by Crippen LogP contribution is 2.37. The van der Waals surface area contributed by atoms with Crippen LogP contribution in [0.25, 0.3) is 11.4 Å². The number of benzene rings is 1. The summed E-state index contributed by atoms with van der Waals surface area (Å²) in [6, 6.07) is 6.84. The van der Waals surface area contributed by atoms with Gasteiger partial charge in [0.2, 0.25) is 17.6 Å². The number of hydrogen-bond donors (Lipinski definition) is 3. The summed E-state index contributed by atoms with van der Waals surface area (Å²) in [5.74, 6) is 1.47. The summed E-state index contributed by atoms with van der Waals surface area (Å²) < 4.78 is 13.1. The zero-order chi connectivity index (χ0) is 24.9.